The second-order valence-electron chi connectivity index (χ2n) is 8.03. The lowest BCUT2D eigenvalue weighted by molar-refractivity contribution is -0.141. The first-order valence-corrected chi connectivity index (χ1v) is 11.4. The first-order valence-electron chi connectivity index (χ1n) is 11.4. The van der Waals surface area contributed by atoms with Gasteiger partial charge in [-0.3, -0.25) is 9.59 Å². The summed E-state index contributed by atoms with van der Waals surface area (Å²) < 4.78 is 5.75. The third-order valence-electron chi connectivity index (χ3n) is 5.67. The standard InChI is InChI=1S/C28H32N2O3/c1-22-12-9-10-15-24(22)21-30(26(28(32)29-2)20-23-13-5-3-6-14-23)27(31)18-11-19-33-25-16-7-4-8-17-25/h3-10,12-17,26H,11,18-21H2,1-2H3,(H,29,32). The molecule has 2 amide bonds. The van der Waals surface area contributed by atoms with Gasteiger partial charge in [-0.25, -0.2) is 0 Å². The number of nitrogens with one attached hydrogen (secondary N) is 1. The van der Waals surface area contributed by atoms with E-state index in [-0.39, 0.29) is 11.8 Å². The van der Waals surface area contributed by atoms with E-state index in [1.165, 1.54) is 0 Å². The first-order chi connectivity index (χ1) is 16.1. The van der Waals surface area contributed by atoms with Gasteiger partial charge >= 0.3 is 0 Å². The van der Waals surface area contributed by atoms with Crippen LogP contribution >= 0.6 is 0 Å². The van der Waals surface area contributed by atoms with E-state index in [0.29, 0.717) is 32.4 Å². The number of benzene rings is 3. The number of aryl methyl sites for hydroxylation is 1. The highest BCUT2D eigenvalue weighted by atomic mass is 16.5. The SMILES string of the molecule is CNC(=O)C(Cc1ccccc1)N(Cc1ccccc1C)C(=O)CCCOc1ccccc1. The third kappa shape index (κ3) is 7.21. The van der Waals surface area contributed by atoms with Crippen LogP contribution in [0.25, 0.3) is 0 Å². The van der Waals surface area contributed by atoms with Gasteiger partial charge in [-0.15, -0.1) is 0 Å². The number of likely N-dealkylation sites (N-methyl/N-ethyl adjacent to an activating group) is 1. The lowest BCUT2D eigenvalue weighted by atomic mass is 10.0. The molecule has 5 nitrogen and oxygen atoms in total. The van der Waals surface area contributed by atoms with Crippen LogP contribution in [0.15, 0.2) is 84.9 Å². The van der Waals surface area contributed by atoms with Crippen LogP contribution in [0.3, 0.4) is 0 Å². The third-order valence-corrected chi connectivity index (χ3v) is 5.67. The lowest BCUT2D eigenvalue weighted by Gasteiger charge is -2.31. The van der Waals surface area contributed by atoms with Crippen LogP contribution in [0.1, 0.15) is 29.5 Å². The molecule has 5 heteroatoms. The number of amides is 2. The van der Waals surface area contributed by atoms with Gasteiger partial charge in [0, 0.05) is 26.4 Å². The quantitative estimate of drug-likeness (QED) is 0.442. The van der Waals surface area contributed by atoms with Gasteiger partial charge in [0.25, 0.3) is 0 Å². The number of ether oxygens (including phenoxy) is 1. The van der Waals surface area contributed by atoms with Crippen LogP contribution in [-0.4, -0.2) is 36.4 Å². The summed E-state index contributed by atoms with van der Waals surface area (Å²) in [6, 6.07) is 26.8. The maximum Gasteiger partial charge on any atom is 0.242 e. The summed E-state index contributed by atoms with van der Waals surface area (Å²) in [5, 5.41) is 2.75. The topological polar surface area (TPSA) is 58.6 Å². The van der Waals surface area contributed by atoms with Crippen molar-refractivity contribution in [1.29, 1.82) is 0 Å². The zero-order valence-corrected chi connectivity index (χ0v) is 19.4. The molecule has 3 aromatic rings. The Labute approximate surface area is 196 Å². The van der Waals surface area contributed by atoms with Gasteiger partial charge in [-0.1, -0.05) is 72.8 Å². The van der Waals surface area contributed by atoms with Crippen molar-refractivity contribution >= 4 is 11.8 Å². The Hall–Kier alpha value is -3.60. The van der Waals surface area contributed by atoms with Gasteiger partial charge in [-0.05, 0) is 42.2 Å². The number of para-hydroxylation sites is 1. The Kier molecular flexibility index (Phi) is 9.07. The molecule has 0 radical (unpaired) electrons. The summed E-state index contributed by atoms with van der Waals surface area (Å²) in [7, 11) is 1.62. The van der Waals surface area contributed by atoms with E-state index in [0.717, 1.165) is 22.4 Å². The molecule has 3 rings (SSSR count). The monoisotopic (exact) mass is 444 g/mol. The number of carbonyl (C=O) groups excluding carboxylic acids is 2. The molecule has 3 aromatic carbocycles. The Morgan fingerprint density at radius 1 is 0.909 bits per heavy atom. The summed E-state index contributed by atoms with van der Waals surface area (Å²) in [6.45, 7) is 2.85. The minimum atomic E-state index is -0.598. The molecule has 0 spiro atoms. The second-order valence-corrected chi connectivity index (χ2v) is 8.03. The largest absolute Gasteiger partial charge is 0.494 e. The van der Waals surface area contributed by atoms with Crippen LogP contribution in [0.4, 0.5) is 0 Å². The van der Waals surface area contributed by atoms with Crippen molar-refractivity contribution in [1.82, 2.24) is 10.2 Å². The van der Waals surface area contributed by atoms with E-state index >= 15 is 0 Å². The highest BCUT2D eigenvalue weighted by molar-refractivity contribution is 5.87. The fraction of sp³-hybridized carbons (Fsp3) is 0.286. The molecule has 0 saturated carbocycles. The molecule has 1 N–H and O–H groups in total. The van der Waals surface area contributed by atoms with Crippen LogP contribution in [0, 0.1) is 6.92 Å². The lowest BCUT2D eigenvalue weighted by Crippen LogP contribution is -2.49. The Morgan fingerprint density at radius 2 is 1.55 bits per heavy atom. The van der Waals surface area contributed by atoms with E-state index in [4.69, 9.17) is 4.74 Å². The highest BCUT2D eigenvalue weighted by Gasteiger charge is 2.29. The summed E-state index contributed by atoms with van der Waals surface area (Å²) in [5.41, 5.74) is 3.15. The molecule has 33 heavy (non-hydrogen) atoms. The van der Waals surface area contributed by atoms with Gasteiger partial charge in [0.2, 0.25) is 11.8 Å². The average molecular weight is 445 g/mol. The molecule has 0 fully saturated rings. The van der Waals surface area contributed by atoms with Crippen molar-refractivity contribution in [2.24, 2.45) is 0 Å². The summed E-state index contributed by atoms with van der Waals surface area (Å²) in [4.78, 5) is 28.1. The molecule has 0 aliphatic carbocycles. The number of hydrogen-bond acceptors (Lipinski definition) is 3. The fourth-order valence-corrected chi connectivity index (χ4v) is 3.77. The van der Waals surface area contributed by atoms with E-state index in [1.807, 2.05) is 91.9 Å². The zero-order chi connectivity index (χ0) is 23.5. The molecule has 0 aliphatic heterocycles. The molecule has 172 valence electrons. The van der Waals surface area contributed by atoms with Crippen molar-refractivity contribution in [2.45, 2.75) is 38.8 Å². The maximum absolute atomic E-state index is 13.4. The number of rotatable bonds is 11. The maximum atomic E-state index is 13.4. The van der Waals surface area contributed by atoms with E-state index in [1.54, 1.807) is 11.9 Å². The van der Waals surface area contributed by atoms with E-state index in [9.17, 15) is 9.59 Å². The fourth-order valence-electron chi connectivity index (χ4n) is 3.77. The predicted octanol–water partition coefficient (Wildman–Crippen LogP) is 4.54. The van der Waals surface area contributed by atoms with Gasteiger partial charge < -0.3 is 15.0 Å². The van der Waals surface area contributed by atoms with Gasteiger partial charge in [0.1, 0.15) is 11.8 Å². The number of nitrogens with zero attached hydrogens (tertiary/aromatic N) is 1. The molecular formula is C28H32N2O3. The molecular weight excluding hydrogens is 412 g/mol. The van der Waals surface area contributed by atoms with Crippen LogP contribution in [0.5, 0.6) is 5.75 Å². The molecule has 0 saturated heterocycles. The summed E-state index contributed by atoms with van der Waals surface area (Å²) in [5.74, 6) is 0.565. The van der Waals surface area contributed by atoms with E-state index in [2.05, 4.69) is 5.32 Å². The molecule has 0 aliphatic rings. The summed E-state index contributed by atoms with van der Waals surface area (Å²) in [6.07, 6.45) is 1.34. The van der Waals surface area contributed by atoms with Crippen molar-refractivity contribution in [3.05, 3.63) is 102 Å². The van der Waals surface area contributed by atoms with Gasteiger partial charge in [0.15, 0.2) is 0 Å². The van der Waals surface area contributed by atoms with Crippen molar-refractivity contribution < 1.29 is 14.3 Å². The zero-order valence-electron chi connectivity index (χ0n) is 19.4. The molecule has 0 bridgehead atoms. The average Bonchev–Trinajstić information content (AvgIpc) is 2.85. The van der Waals surface area contributed by atoms with Crippen LogP contribution in [-0.2, 0) is 22.6 Å². The molecule has 0 aromatic heterocycles. The van der Waals surface area contributed by atoms with E-state index < -0.39 is 6.04 Å². The minimum Gasteiger partial charge on any atom is -0.494 e. The molecule has 0 heterocycles. The number of carbonyl (C=O) groups is 2. The number of hydrogen-bond donors (Lipinski definition) is 1. The second kappa shape index (κ2) is 12.4. The van der Waals surface area contributed by atoms with Crippen LogP contribution in [0.2, 0.25) is 0 Å². The van der Waals surface area contributed by atoms with Gasteiger partial charge in [0.05, 0.1) is 6.61 Å². The Balaban J connectivity index is 1.76. The van der Waals surface area contributed by atoms with Crippen molar-refractivity contribution in [3.8, 4) is 5.75 Å². The predicted molar refractivity (Wildman–Crippen MR) is 131 cm³/mol. The smallest absolute Gasteiger partial charge is 0.242 e. The highest BCUT2D eigenvalue weighted by Crippen LogP contribution is 2.18. The van der Waals surface area contributed by atoms with Crippen molar-refractivity contribution in [3.63, 3.8) is 0 Å². The van der Waals surface area contributed by atoms with Gasteiger partial charge in [-0.2, -0.15) is 0 Å². The van der Waals surface area contributed by atoms with Crippen molar-refractivity contribution in [2.75, 3.05) is 13.7 Å². The minimum absolute atomic E-state index is 0.0561. The summed E-state index contributed by atoms with van der Waals surface area (Å²) >= 11 is 0. The Bertz CT molecular complexity index is 1020. The molecule has 1 unspecified atom stereocenters. The first kappa shape index (κ1) is 24.1. The Morgan fingerprint density at radius 3 is 2.21 bits per heavy atom. The normalized spacial score (nSPS) is 11.5. The molecule has 1 atom stereocenters. The van der Waals surface area contributed by atoms with Crippen LogP contribution < -0.4 is 10.1 Å².